The minimum Gasteiger partial charge on any atom is -0.399 e. The molecule has 1 aliphatic heterocycles. The molecule has 2 N–H and O–H groups in total. The van der Waals surface area contributed by atoms with Crippen LogP contribution in [0.25, 0.3) is 0 Å². The number of nitrogens with zero attached hydrogens (tertiary/aromatic N) is 1. The summed E-state index contributed by atoms with van der Waals surface area (Å²) in [6.07, 6.45) is 0.154. The Morgan fingerprint density at radius 3 is 2.18 bits per heavy atom. The monoisotopic (exact) mass is 234 g/mol. The average Bonchev–Trinajstić information content (AvgIpc) is 2.61. The number of amides is 2. The van der Waals surface area contributed by atoms with E-state index in [0.717, 1.165) is 0 Å². The second-order valence-corrected chi connectivity index (χ2v) is 3.58. The van der Waals surface area contributed by atoms with Crippen molar-refractivity contribution >= 4 is 23.5 Å². The number of nitrogen functional groups attached to an aromatic ring is 1. The summed E-state index contributed by atoms with van der Waals surface area (Å²) in [5, 5.41) is 0.513. The van der Waals surface area contributed by atoms with Gasteiger partial charge < -0.3 is 10.6 Å². The topological polar surface area (TPSA) is 89.7 Å². The molecule has 1 aromatic carbocycles. The first-order chi connectivity index (χ1) is 8.08. The summed E-state index contributed by atoms with van der Waals surface area (Å²) < 4.78 is 0. The predicted octanol–water partition coefficient (Wildman–Crippen LogP) is 0.490. The minimum absolute atomic E-state index is 0.0772. The molecule has 6 heteroatoms. The molecule has 1 aliphatic rings. The SMILES string of the molecule is Nc1ccc(C(=O)ON2C(=O)CCC2=O)cc1. The lowest BCUT2D eigenvalue weighted by Crippen LogP contribution is -2.32. The van der Waals surface area contributed by atoms with Crippen molar-refractivity contribution < 1.29 is 19.2 Å². The fraction of sp³-hybridized carbons (Fsp3) is 0.182. The zero-order valence-electron chi connectivity index (χ0n) is 8.88. The van der Waals surface area contributed by atoms with Gasteiger partial charge in [-0.2, -0.15) is 0 Å². The van der Waals surface area contributed by atoms with Gasteiger partial charge in [-0.1, -0.05) is 0 Å². The van der Waals surface area contributed by atoms with Crippen molar-refractivity contribution in [1.29, 1.82) is 0 Å². The normalized spacial score (nSPS) is 15.2. The first kappa shape index (κ1) is 11.1. The molecular formula is C11H10N2O4. The van der Waals surface area contributed by atoms with Crippen LogP contribution in [0.4, 0.5) is 5.69 Å². The Morgan fingerprint density at radius 2 is 1.65 bits per heavy atom. The van der Waals surface area contributed by atoms with E-state index in [0.29, 0.717) is 10.8 Å². The van der Waals surface area contributed by atoms with Gasteiger partial charge in [0, 0.05) is 18.5 Å². The van der Waals surface area contributed by atoms with E-state index in [1.807, 2.05) is 0 Å². The molecule has 0 aliphatic carbocycles. The average molecular weight is 234 g/mol. The van der Waals surface area contributed by atoms with Crippen LogP contribution >= 0.6 is 0 Å². The third-order valence-corrected chi connectivity index (χ3v) is 2.33. The number of benzene rings is 1. The summed E-state index contributed by atoms with van der Waals surface area (Å²) in [5.74, 6) is -1.76. The quantitative estimate of drug-likeness (QED) is 0.594. The number of imide groups is 1. The van der Waals surface area contributed by atoms with E-state index >= 15 is 0 Å². The fourth-order valence-electron chi connectivity index (χ4n) is 1.41. The maximum absolute atomic E-state index is 11.6. The standard InChI is InChI=1S/C11H10N2O4/c12-8-3-1-7(2-4-8)11(16)17-13-9(14)5-6-10(13)15/h1-4H,5-6,12H2. The fourth-order valence-corrected chi connectivity index (χ4v) is 1.41. The minimum atomic E-state index is -0.756. The Balaban J connectivity index is 2.09. The lowest BCUT2D eigenvalue weighted by molar-refractivity contribution is -0.172. The van der Waals surface area contributed by atoms with E-state index in [9.17, 15) is 14.4 Å². The van der Waals surface area contributed by atoms with Gasteiger partial charge in [-0.3, -0.25) is 9.59 Å². The Hall–Kier alpha value is -2.37. The summed E-state index contributed by atoms with van der Waals surface area (Å²) in [4.78, 5) is 38.7. The molecule has 0 spiro atoms. The Morgan fingerprint density at radius 1 is 1.12 bits per heavy atom. The van der Waals surface area contributed by atoms with Crippen molar-refractivity contribution in [2.45, 2.75) is 12.8 Å². The van der Waals surface area contributed by atoms with Gasteiger partial charge >= 0.3 is 5.97 Å². The number of carbonyl (C=O) groups excluding carboxylic acids is 3. The highest BCUT2D eigenvalue weighted by Gasteiger charge is 2.33. The molecule has 0 aromatic heterocycles. The Kier molecular flexibility index (Phi) is 2.78. The van der Waals surface area contributed by atoms with Crippen LogP contribution in [0.2, 0.25) is 0 Å². The zero-order valence-corrected chi connectivity index (χ0v) is 8.88. The number of hydroxylamine groups is 2. The molecule has 2 amide bonds. The summed E-state index contributed by atoms with van der Waals surface area (Å²) in [6.45, 7) is 0. The molecule has 0 atom stereocenters. The highest BCUT2D eigenvalue weighted by Crippen LogP contribution is 2.14. The van der Waals surface area contributed by atoms with Crippen LogP contribution < -0.4 is 5.73 Å². The van der Waals surface area contributed by atoms with Gasteiger partial charge in [0.25, 0.3) is 11.8 Å². The molecule has 0 saturated carbocycles. The largest absolute Gasteiger partial charge is 0.399 e. The van der Waals surface area contributed by atoms with Crippen LogP contribution in [0, 0.1) is 0 Å². The van der Waals surface area contributed by atoms with Crippen LogP contribution in [-0.4, -0.2) is 22.8 Å². The maximum atomic E-state index is 11.6. The lowest BCUT2D eigenvalue weighted by atomic mass is 10.2. The van der Waals surface area contributed by atoms with Gasteiger partial charge in [-0.25, -0.2) is 4.79 Å². The highest BCUT2D eigenvalue weighted by atomic mass is 16.7. The molecule has 1 aromatic rings. The van der Waals surface area contributed by atoms with E-state index in [-0.39, 0.29) is 18.4 Å². The summed E-state index contributed by atoms with van der Waals surface area (Å²) in [7, 11) is 0. The summed E-state index contributed by atoms with van der Waals surface area (Å²) in [5.41, 5.74) is 6.20. The molecule has 1 saturated heterocycles. The lowest BCUT2D eigenvalue weighted by Gasteiger charge is -2.12. The van der Waals surface area contributed by atoms with Crippen molar-refractivity contribution in [2.75, 3.05) is 5.73 Å². The number of hydrogen-bond donors (Lipinski definition) is 1. The molecular weight excluding hydrogens is 224 g/mol. The van der Waals surface area contributed by atoms with E-state index in [1.165, 1.54) is 24.3 Å². The van der Waals surface area contributed by atoms with Crippen LogP contribution in [0.15, 0.2) is 24.3 Å². The van der Waals surface area contributed by atoms with Gasteiger partial charge in [-0.05, 0) is 24.3 Å². The Labute approximate surface area is 96.9 Å². The van der Waals surface area contributed by atoms with Gasteiger partial charge in [0.05, 0.1) is 5.56 Å². The van der Waals surface area contributed by atoms with E-state index < -0.39 is 17.8 Å². The van der Waals surface area contributed by atoms with Crippen molar-refractivity contribution in [3.8, 4) is 0 Å². The predicted molar refractivity (Wildman–Crippen MR) is 57.4 cm³/mol. The van der Waals surface area contributed by atoms with Crippen molar-refractivity contribution in [2.24, 2.45) is 0 Å². The van der Waals surface area contributed by atoms with Gasteiger partial charge in [0.15, 0.2) is 0 Å². The molecule has 1 heterocycles. The third-order valence-electron chi connectivity index (χ3n) is 2.33. The van der Waals surface area contributed by atoms with E-state index in [2.05, 4.69) is 0 Å². The van der Waals surface area contributed by atoms with E-state index in [1.54, 1.807) is 0 Å². The second kappa shape index (κ2) is 4.25. The van der Waals surface area contributed by atoms with Crippen LogP contribution in [-0.2, 0) is 14.4 Å². The smallest absolute Gasteiger partial charge is 0.363 e. The number of nitrogens with two attached hydrogens (primary N) is 1. The Bertz CT molecular complexity index is 465. The molecule has 2 rings (SSSR count). The van der Waals surface area contributed by atoms with Crippen LogP contribution in [0.3, 0.4) is 0 Å². The molecule has 0 unspecified atom stereocenters. The van der Waals surface area contributed by atoms with Crippen LogP contribution in [0.1, 0.15) is 23.2 Å². The highest BCUT2D eigenvalue weighted by molar-refractivity contribution is 6.02. The summed E-state index contributed by atoms with van der Waals surface area (Å²) in [6, 6.07) is 5.99. The summed E-state index contributed by atoms with van der Waals surface area (Å²) >= 11 is 0. The van der Waals surface area contributed by atoms with Gasteiger partial charge in [0.1, 0.15) is 0 Å². The number of hydrogen-bond acceptors (Lipinski definition) is 5. The van der Waals surface area contributed by atoms with Gasteiger partial charge in [0.2, 0.25) is 0 Å². The molecule has 0 bridgehead atoms. The molecule has 6 nitrogen and oxygen atoms in total. The zero-order chi connectivity index (χ0) is 12.4. The molecule has 17 heavy (non-hydrogen) atoms. The van der Waals surface area contributed by atoms with Crippen LogP contribution in [0.5, 0.6) is 0 Å². The van der Waals surface area contributed by atoms with E-state index in [4.69, 9.17) is 10.6 Å². The first-order valence-electron chi connectivity index (χ1n) is 5.01. The number of anilines is 1. The molecule has 0 radical (unpaired) electrons. The number of rotatable bonds is 2. The first-order valence-corrected chi connectivity index (χ1v) is 5.01. The van der Waals surface area contributed by atoms with Crippen molar-refractivity contribution in [3.63, 3.8) is 0 Å². The second-order valence-electron chi connectivity index (χ2n) is 3.58. The maximum Gasteiger partial charge on any atom is 0.363 e. The third kappa shape index (κ3) is 2.25. The molecule has 1 fully saturated rings. The van der Waals surface area contributed by atoms with Crippen molar-refractivity contribution in [1.82, 2.24) is 5.06 Å². The van der Waals surface area contributed by atoms with Crippen molar-refractivity contribution in [3.05, 3.63) is 29.8 Å². The molecule has 88 valence electrons. The van der Waals surface area contributed by atoms with Gasteiger partial charge in [-0.15, -0.1) is 5.06 Å². The number of carbonyl (C=O) groups is 3.